The van der Waals surface area contributed by atoms with E-state index in [-0.39, 0.29) is 11.7 Å². The molecule has 1 N–H and O–H groups in total. The van der Waals surface area contributed by atoms with Crippen LogP contribution in [-0.4, -0.2) is 47.8 Å². The molecule has 3 rings (SSSR count). The Morgan fingerprint density at radius 2 is 1.97 bits per heavy atom. The highest BCUT2D eigenvalue weighted by Gasteiger charge is 2.20. The molecule has 0 fully saturated rings. The lowest BCUT2D eigenvalue weighted by Gasteiger charge is -2.14. The number of carbonyl (C=O) groups excluding carboxylic acids is 1. The molecular formula is C21H24N4O5S. The summed E-state index contributed by atoms with van der Waals surface area (Å²) in [5.74, 6) is 2.85. The fraction of sp³-hybridized carbons (Fsp3) is 0.286. The first-order chi connectivity index (χ1) is 15.1. The van der Waals surface area contributed by atoms with Gasteiger partial charge in [-0.15, -0.1) is 16.8 Å². The molecule has 0 saturated heterocycles. The number of amides is 1. The summed E-state index contributed by atoms with van der Waals surface area (Å²) in [7, 11) is 4.66. The molecule has 10 heteroatoms. The van der Waals surface area contributed by atoms with Crippen LogP contribution in [0.25, 0.3) is 11.4 Å². The summed E-state index contributed by atoms with van der Waals surface area (Å²) in [5.41, 5.74) is 0.734. The number of carbonyl (C=O) groups is 1. The number of benzene rings is 1. The van der Waals surface area contributed by atoms with E-state index in [4.69, 9.17) is 18.6 Å². The number of nitrogens with zero attached hydrogens (tertiary/aromatic N) is 3. The zero-order valence-corrected chi connectivity index (χ0v) is 18.4. The van der Waals surface area contributed by atoms with Crippen LogP contribution >= 0.6 is 11.8 Å². The van der Waals surface area contributed by atoms with Gasteiger partial charge in [0.25, 0.3) is 0 Å². The van der Waals surface area contributed by atoms with Crippen LogP contribution in [0.15, 0.2) is 52.8 Å². The predicted molar refractivity (Wildman–Crippen MR) is 117 cm³/mol. The summed E-state index contributed by atoms with van der Waals surface area (Å²) in [6.07, 6.45) is 3.31. The number of nitrogens with one attached hydrogen (secondary N) is 1. The third-order valence-electron chi connectivity index (χ3n) is 4.32. The maximum atomic E-state index is 12.2. The van der Waals surface area contributed by atoms with Crippen molar-refractivity contribution in [3.8, 4) is 28.6 Å². The molecule has 0 spiro atoms. The first kappa shape index (κ1) is 22.3. The number of rotatable bonds is 11. The predicted octanol–water partition coefficient (Wildman–Crippen LogP) is 3.16. The number of aromatic nitrogens is 3. The maximum Gasteiger partial charge on any atom is 0.230 e. The van der Waals surface area contributed by atoms with Gasteiger partial charge in [-0.1, -0.05) is 17.8 Å². The number of ether oxygens (including phenoxy) is 3. The second-order valence-electron chi connectivity index (χ2n) is 6.26. The Kier molecular flexibility index (Phi) is 7.60. The lowest BCUT2D eigenvalue weighted by Crippen LogP contribution is -2.24. The number of hydrogen-bond donors (Lipinski definition) is 1. The van der Waals surface area contributed by atoms with Gasteiger partial charge in [0.05, 0.1) is 39.9 Å². The van der Waals surface area contributed by atoms with Crippen LogP contribution in [0.3, 0.4) is 0 Å². The van der Waals surface area contributed by atoms with Gasteiger partial charge >= 0.3 is 0 Å². The monoisotopic (exact) mass is 444 g/mol. The van der Waals surface area contributed by atoms with E-state index < -0.39 is 0 Å². The normalized spacial score (nSPS) is 10.5. The fourth-order valence-electron chi connectivity index (χ4n) is 2.89. The van der Waals surface area contributed by atoms with Gasteiger partial charge in [0.2, 0.25) is 11.7 Å². The van der Waals surface area contributed by atoms with Crippen molar-refractivity contribution in [1.29, 1.82) is 0 Å². The third-order valence-corrected chi connectivity index (χ3v) is 5.29. The van der Waals surface area contributed by atoms with Crippen molar-refractivity contribution in [2.24, 2.45) is 0 Å². The topological polar surface area (TPSA) is 101 Å². The molecule has 0 atom stereocenters. The van der Waals surface area contributed by atoms with Gasteiger partial charge in [-0.05, 0) is 24.3 Å². The van der Waals surface area contributed by atoms with E-state index in [1.54, 1.807) is 57.9 Å². The van der Waals surface area contributed by atoms with Crippen molar-refractivity contribution in [3.05, 3.63) is 48.9 Å². The van der Waals surface area contributed by atoms with Gasteiger partial charge in [0, 0.05) is 12.1 Å². The van der Waals surface area contributed by atoms with E-state index in [1.807, 2.05) is 4.57 Å². The van der Waals surface area contributed by atoms with Gasteiger partial charge in [0.15, 0.2) is 22.5 Å². The molecule has 0 radical (unpaired) electrons. The summed E-state index contributed by atoms with van der Waals surface area (Å²) in [5, 5.41) is 12.0. The number of allylic oxidation sites excluding steroid dienone is 1. The molecule has 2 heterocycles. The lowest BCUT2D eigenvalue weighted by molar-refractivity contribution is -0.118. The van der Waals surface area contributed by atoms with Crippen LogP contribution in [0.1, 0.15) is 5.76 Å². The zero-order chi connectivity index (χ0) is 22.2. The van der Waals surface area contributed by atoms with Gasteiger partial charge in [-0.2, -0.15) is 0 Å². The minimum atomic E-state index is -0.135. The minimum absolute atomic E-state index is 0.135. The molecule has 0 aliphatic carbocycles. The molecule has 0 aliphatic rings. The van der Waals surface area contributed by atoms with Crippen molar-refractivity contribution in [1.82, 2.24) is 20.1 Å². The minimum Gasteiger partial charge on any atom is -0.493 e. The average Bonchev–Trinajstić information content (AvgIpc) is 3.45. The van der Waals surface area contributed by atoms with E-state index in [0.29, 0.717) is 47.1 Å². The standard InChI is InChI=1S/C21H24N4O5S/c1-5-8-25-20(14-10-16(27-2)19(29-4)17(11-14)28-3)23-24-21(25)31-13-18(26)22-12-15-7-6-9-30-15/h5-7,9-11H,1,8,12-13H2,2-4H3,(H,22,26). The van der Waals surface area contributed by atoms with Crippen LogP contribution < -0.4 is 19.5 Å². The van der Waals surface area contributed by atoms with Crippen molar-refractivity contribution in [3.63, 3.8) is 0 Å². The molecule has 3 aromatic rings. The molecule has 2 aromatic heterocycles. The summed E-state index contributed by atoms with van der Waals surface area (Å²) in [6.45, 7) is 4.62. The van der Waals surface area contributed by atoms with E-state index in [9.17, 15) is 4.79 Å². The molecule has 1 amide bonds. The van der Waals surface area contributed by atoms with E-state index in [2.05, 4.69) is 22.1 Å². The largest absolute Gasteiger partial charge is 0.493 e. The van der Waals surface area contributed by atoms with E-state index >= 15 is 0 Å². The van der Waals surface area contributed by atoms with E-state index in [0.717, 1.165) is 5.56 Å². The average molecular weight is 445 g/mol. The molecule has 31 heavy (non-hydrogen) atoms. The van der Waals surface area contributed by atoms with Crippen LogP contribution in [0.2, 0.25) is 0 Å². The second-order valence-corrected chi connectivity index (χ2v) is 7.21. The van der Waals surface area contributed by atoms with Gasteiger partial charge in [-0.3, -0.25) is 9.36 Å². The molecule has 9 nitrogen and oxygen atoms in total. The summed E-state index contributed by atoms with van der Waals surface area (Å²) >= 11 is 1.29. The van der Waals surface area contributed by atoms with Gasteiger partial charge < -0.3 is 23.9 Å². The zero-order valence-electron chi connectivity index (χ0n) is 17.6. The molecule has 0 bridgehead atoms. The molecular weight excluding hydrogens is 420 g/mol. The molecule has 1 aromatic carbocycles. The number of methoxy groups -OCH3 is 3. The number of thioether (sulfide) groups is 1. The van der Waals surface area contributed by atoms with Crippen molar-refractivity contribution >= 4 is 17.7 Å². The third kappa shape index (κ3) is 5.21. The highest BCUT2D eigenvalue weighted by molar-refractivity contribution is 7.99. The highest BCUT2D eigenvalue weighted by Crippen LogP contribution is 2.41. The first-order valence-corrected chi connectivity index (χ1v) is 10.4. The molecule has 0 unspecified atom stereocenters. The van der Waals surface area contributed by atoms with Crippen molar-refractivity contribution in [2.45, 2.75) is 18.2 Å². The Balaban J connectivity index is 1.80. The Morgan fingerprint density at radius 3 is 2.55 bits per heavy atom. The molecule has 164 valence electrons. The number of furan rings is 1. The highest BCUT2D eigenvalue weighted by atomic mass is 32.2. The smallest absolute Gasteiger partial charge is 0.230 e. The molecule has 0 aliphatic heterocycles. The van der Waals surface area contributed by atoms with Gasteiger partial charge in [0.1, 0.15) is 5.76 Å². The summed E-state index contributed by atoms with van der Waals surface area (Å²) in [4.78, 5) is 12.2. The first-order valence-electron chi connectivity index (χ1n) is 9.37. The SMILES string of the molecule is C=CCn1c(SCC(=O)NCc2ccco2)nnc1-c1cc(OC)c(OC)c(OC)c1. The quantitative estimate of drug-likeness (QED) is 0.356. The second kappa shape index (κ2) is 10.6. The molecule has 0 saturated carbocycles. The van der Waals surface area contributed by atoms with Crippen molar-refractivity contribution < 1.29 is 23.4 Å². The van der Waals surface area contributed by atoms with Crippen LogP contribution in [0, 0.1) is 0 Å². The summed E-state index contributed by atoms with van der Waals surface area (Å²) < 4.78 is 23.3. The van der Waals surface area contributed by atoms with Crippen LogP contribution in [0.5, 0.6) is 17.2 Å². The van der Waals surface area contributed by atoms with Gasteiger partial charge in [-0.25, -0.2) is 0 Å². The van der Waals surface area contributed by atoms with Crippen molar-refractivity contribution in [2.75, 3.05) is 27.1 Å². The number of hydrogen-bond acceptors (Lipinski definition) is 8. The van der Waals surface area contributed by atoms with E-state index in [1.165, 1.54) is 11.8 Å². The van der Waals surface area contributed by atoms with Crippen LogP contribution in [-0.2, 0) is 17.9 Å². The lowest BCUT2D eigenvalue weighted by atomic mass is 10.1. The maximum absolute atomic E-state index is 12.2. The Labute approximate surface area is 184 Å². The Morgan fingerprint density at radius 1 is 1.23 bits per heavy atom. The Bertz CT molecular complexity index is 1010. The fourth-order valence-corrected chi connectivity index (χ4v) is 3.67. The Hall–Kier alpha value is -3.40. The van der Waals surface area contributed by atoms with Crippen LogP contribution in [0.4, 0.5) is 0 Å². The summed E-state index contributed by atoms with van der Waals surface area (Å²) in [6, 6.07) is 7.18.